The zero-order valence-electron chi connectivity index (χ0n) is 11.5. The van der Waals surface area contributed by atoms with E-state index in [0.717, 1.165) is 19.4 Å². The second-order valence-corrected chi connectivity index (χ2v) is 4.67. The monoisotopic (exact) mass is 235 g/mol. The Morgan fingerprint density at radius 3 is 2.35 bits per heavy atom. The third kappa shape index (κ3) is 4.88. The highest BCUT2D eigenvalue weighted by molar-refractivity contribution is 5.24. The van der Waals surface area contributed by atoms with Gasteiger partial charge in [-0.2, -0.15) is 0 Å². The Bertz CT molecular complexity index is 307. The van der Waals surface area contributed by atoms with Crippen LogP contribution in [-0.4, -0.2) is 19.8 Å². The predicted octanol–water partition coefficient (Wildman–Crippen LogP) is 3.32. The number of rotatable bonds is 7. The smallest absolute Gasteiger partial charge is 0.0476 e. The van der Waals surface area contributed by atoms with Gasteiger partial charge in [-0.15, -0.1) is 0 Å². The molecule has 1 aromatic rings. The van der Waals surface area contributed by atoms with Gasteiger partial charge in [-0.05, 0) is 37.8 Å². The van der Waals surface area contributed by atoms with Crippen molar-refractivity contribution < 1.29 is 4.74 Å². The molecule has 0 aromatic heterocycles. The third-order valence-electron chi connectivity index (χ3n) is 3.18. The highest BCUT2D eigenvalue weighted by atomic mass is 16.5. The van der Waals surface area contributed by atoms with Crippen molar-refractivity contribution in [2.24, 2.45) is 0 Å². The Hall–Kier alpha value is -0.860. The van der Waals surface area contributed by atoms with Gasteiger partial charge in [-0.1, -0.05) is 31.2 Å². The first-order valence-electron chi connectivity index (χ1n) is 6.51. The summed E-state index contributed by atoms with van der Waals surface area (Å²) in [6.07, 6.45) is 2.15. The van der Waals surface area contributed by atoms with Crippen molar-refractivity contribution in [3.8, 4) is 0 Å². The Balaban J connectivity index is 2.47. The van der Waals surface area contributed by atoms with Crippen molar-refractivity contribution in [2.45, 2.75) is 45.7 Å². The summed E-state index contributed by atoms with van der Waals surface area (Å²) in [6.45, 7) is 7.42. The lowest BCUT2D eigenvalue weighted by atomic mass is 10.0. The average molecular weight is 235 g/mol. The molecule has 0 radical (unpaired) electrons. The fourth-order valence-corrected chi connectivity index (χ4v) is 1.94. The standard InChI is InChI=1S/C15H25NO/c1-5-14-6-8-15(9-7-14)13(3)16-12(2)10-11-17-4/h6-9,12-13,16H,5,10-11H2,1-4H3. The van der Waals surface area contributed by atoms with E-state index in [4.69, 9.17) is 4.74 Å². The maximum atomic E-state index is 5.09. The summed E-state index contributed by atoms with van der Waals surface area (Å²) in [5.74, 6) is 0. The first-order valence-corrected chi connectivity index (χ1v) is 6.51. The number of benzene rings is 1. The third-order valence-corrected chi connectivity index (χ3v) is 3.18. The van der Waals surface area contributed by atoms with Crippen molar-refractivity contribution in [1.82, 2.24) is 5.32 Å². The first-order chi connectivity index (χ1) is 8.17. The summed E-state index contributed by atoms with van der Waals surface area (Å²) < 4.78 is 5.09. The molecule has 0 heterocycles. The second kappa shape index (κ2) is 7.46. The molecule has 0 aliphatic carbocycles. The van der Waals surface area contributed by atoms with E-state index in [1.165, 1.54) is 11.1 Å². The van der Waals surface area contributed by atoms with Gasteiger partial charge in [-0.25, -0.2) is 0 Å². The van der Waals surface area contributed by atoms with Crippen LogP contribution in [0.3, 0.4) is 0 Å². The molecule has 0 spiro atoms. The molecule has 0 aliphatic rings. The normalized spacial score (nSPS) is 14.6. The Morgan fingerprint density at radius 1 is 1.18 bits per heavy atom. The summed E-state index contributed by atoms with van der Waals surface area (Å²) in [6, 6.07) is 9.75. The lowest BCUT2D eigenvalue weighted by molar-refractivity contribution is 0.183. The maximum Gasteiger partial charge on any atom is 0.0476 e. The van der Waals surface area contributed by atoms with E-state index in [2.05, 4.69) is 50.4 Å². The summed E-state index contributed by atoms with van der Waals surface area (Å²) in [5.41, 5.74) is 2.75. The molecule has 0 aliphatic heterocycles. The predicted molar refractivity (Wildman–Crippen MR) is 73.3 cm³/mol. The van der Waals surface area contributed by atoms with Crippen LogP contribution in [-0.2, 0) is 11.2 Å². The van der Waals surface area contributed by atoms with Crippen molar-refractivity contribution in [3.63, 3.8) is 0 Å². The van der Waals surface area contributed by atoms with Crippen molar-refractivity contribution >= 4 is 0 Å². The second-order valence-electron chi connectivity index (χ2n) is 4.67. The van der Waals surface area contributed by atoms with Crippen LogP contribution in [0.2, 0.25) is 0 Å². The van der Waals surface area contributed by atoms with E-state index in [-0.39, 0.29) is 0 Å². The lowest BCUT2D eigenvalue weighted by Gasteiger charge is -2.20. The Labute approximate surface area is 105 Å². The molecule has 2 unspecified atom stereocenters. The molecule has 0 fully saturated rings. The van der Waals surface area contributed by atoms with E-state index in [1.807, 2.05) is 0 Å². The summed E-state index contributed by atoms with van der Waals surface area (Å²) in [5, 5.41) is 3.59. The molecule has 1 N–H and O–H groups in total. The molecule has 2 atom stereocenters. The number of aryl methyl sites for hydroxylation is 1. The van der Waals surface area contributed by atoms with Crippen LogP contribution in [0.5, 0.6) is 0 Å². The van der Waals surface area contributed by atoms with Gasteiger partial charge in [0.1, 0.15) is 0 Å². The maximum absolute atomic E-state index is 5.09. The van der Waals surface area contributed by atoms with Crippen LogP contribution in [0, 0.1) is 0 Å². The van der Waals surface area contributed by atoms with E-state index >= 15 is 0 Å². The Kier molecular flexibility index (Phi) is 6.23. The molecule has 17 heavy (non-hydrogen) atoms. The van der Waals surface area contributed by atoms with Crippen LogP contribution in [0.25, 0.3) is 0 Å². The fraction of sp³-hybridized carbons (Fsp3) is 0.600. The zero-order chi connectivity index (χ0) is 12.7. The van der Waals surface area contributed by atoms with E-state index in [9.17, 15) is 0 Å². The average Bonchev–Trinajstić information content (AvgIpc) is 2.36. The topological polar surface area (TPSA) is 21.3 Å². The van der Waals surface area contributed by atoms with Crippen LogP contribution >= 0.6 is 0 Å². The van der Waals surface area contributed by atoms with Crippen molar-refractivity contribution in [3.05, 3.63) is 35.4 Å². The molecule has 1 rings (SSSR count). The van der Waals surface area contributed by atoms with Gasteiger partial charge in [0.05, 0.1) is 0 Å². The summed E-state index contributed by atoms with van der Waals surface area (Å²) in [4.78, 5) is 0. The van der Waals surface area contributed by atoms with Gasteiger partial charge in [0, 0.05) is 25.8 Å². The minimum absolute atomic E-state index is 0.396. The molecule has 0 saturated heterocycles. The van der Waals surface area contributed by atoms with Crippen LogP contribution in [0.15, 0.2) is 24.3 Å². The van der Waals surface area contributed by atoms with Gasteiger partial charge in [-0.3, -0.25) is 0 Å². The summed E-state index contributed by atoms with van der Waals surface area (Å²) >= 11 is 0. The van der Waals surface area contributed by atoms with Gasteiger partial charge in [0.2, 0.25) is 0 Å². The molecule has 0 amide bonds. The molecule has 2 heteroatoms. The molecule has 0 bridgehead atoms. The minimum atomic E-state index is 0.396. The van der Waals surface area contributed by atoms with Crippen molar-refractivity contribution in [2.75, 3.05) is 13.7 Å². The molecular formula is C15H25NO. The molecule has 2 nitrogen and oxygen atoms in total. The van der Waals surface area contributed by atoms with E-state index in [0.29, 0.717) is 12.1 Å². The highest BCUT2D eigenvalue weighted by Gasteiger charge is 2.08. The minimum Gasteiger partial charge on any atom is -0.385 e. The highest BCUT2D eigenvalue weighted by Crippen LogP contribution is 2.14. The SMILES string of the molecule is CCc1ccc(C(C)NC(C)CCOC)cc1. The quantitative estimate of drug-likeness (QED) is 0.782. The Morgan fingerprint density at radius 2 is 1.82 bits per heavy atom. The van der Waals surface area contributed by atoms with Gasteiger partial charge < -0.3 is 10.1 Å². The summed E-state index contributed by atoms with van der Waals surface area (Å²) in [7, 11) is 1.75. The number of methoxy groups -OCH3 is 1. The van der Waals surface area contributed by atoms with Gasteiger partial charge >= 0.3 is 0 Å². The molecule has 96 valence electrons. The zero-order valence-corrected chi connectivity index (χ0v) is 11.5. The number of hydrogen-bond donors (Lipinski definition) is 1. The number of hydrogen-bond acceptors (Lipinski definition) is 2. The van der Waals surface area contributed by atoms with Crippen LogP contribution < -0.4 is 5.32 Å². The van der Waals surface area contributed by atoms with Gasteiger partial charge in [0.15, 0.2) is 0 Å². The van der Waals surface area contributed by atoms with Gasteiger partial charge in [0.25, 0.3) is 0 Å². The van der Waals surface area contributed by atoms with Crippen LogP contribution in [0.4, 0.5) is 0 Å². The lowest BCUT2D eigenvalue weighted by Crippen LogP contribution is -2.29. The molecular weight excluding hydrogens is 210 g/mol. The van der Waals surface area contributed by atoms with Crippen molar-refractivity contribution in [1.29, 1.82) is 0 Å². The largest absolute Gasteiger partial charge is 0.385 e. The van der Waals surface area contributed by atoms with E-state index in [1.54, 1.807) is 7.11 Å². The van der Waals surface area contributed by atoms with Crippen LogP contribution in [0.1, 0.15) is 44.4 Å². The fourth-order valence-electron chi connectivity index (χ4n) is 1.94. The van der Waals surface area contributed by atoms with E-state index < -0.39 is 0 Å². The first kappa shape index (κ1) is 14.2. The number of nitrogens with one attached hydrogen (secondary N) is 1. The molecule has 1 aromatic carbocycles. The number of ether oxygens (including phenoxy) is 1. The molecule has 0 saturated carbocycles.